The molecule has 32 heavy (non-hydrogen) atoms. The van der Waals surface area contributed by atoms with Crippen LogP contribution in [0, 0.1) is 0 Å². The maximum atomic E-state index is 9.90. The van der Waals surface area contributed by atoms with Gasteiger partial charge in [-0.3, -0.25) is 0 Å². The van der Waals surface area contributed by atoms with Crippen LogP contribution in [-0.4, -0.2) is 136 Å². The molecule has 14 heteroatoms. The van der Waals surface area contributed by atoms with Crippen molar-refractivity contribution in [3.63, 3.8) is 0 Å². The summed E-state index contributed by atoms with van der Waals surface area (Å²) in [5.41, 5.74) is 0. The number of phenolic OH excluding ortho intramolecular Hbond substituents is 2. The number of phenols is 2. The molecule has 0 spiro atoms. The van der Waals surface area contributed by atoms with Gasteiger partial charge in [0, 0.05) is 0 Å². The second kappa shape index (κ2) is 17.3. The van der Waals surface area contributed by atoms with Crippen LogP contribution < -0.4 is 0 Å². The fourth-order valence-electron chi connectivity index (χ4n) is 1.69. The van der Waals surface area contributed by atoms with E-state index in [2.05, 4.69) is 0 Å². The standard InChI is InChI=1S/2C6H12O6.C6H6O2/c2*7-1-3(9)5(11)6(12)4(10)2-8;7-5-1-2-6(8)4-3-5/h2*1,3-6,8-12H,2H2;1-4,7-8H/t2*3-,4+,5+,6-;/m00./s1. The van der Waals surface area contributed by atoms with Crippen LogP contribution in [0.1, 0.15) is 0 Å². The molecular weight excluding hydrogens is 440 g/mol. The summed E-state index contributed by atoms with van der Waals surface area (Å²) in [6, 6.07) is 5.70. The van der Waals surface area contributed by atoms with E-state index in [0.717, 1.165) is 0 Å². The first-order valence-corrected chi connectivity index (χ1v) is 8.92. The number of aldehydes is 2. The average Bonchev–Trinajstić information content (AvgIpc) is 2.82. The highest BCUT2D eigenvalue weighted by Gasteiger charge is 2.30. The number of rotatable bonds is 10. The number of carbonyl (C=O) groups excluding carboxylic acids is 2. The van der Waals surface area contributed by atoms with Crippen molar-refractivity contribution in [3.05, 3.63) is 24.3 Å². The minimum atomic E-state index is -1.79. The van der Waals surface area contributed by atoms with E-state index in [9.17, 15) is 9.59 Å². The molecule has 1 aromatic carbocycles. The van der Waals surface area contributed by atoms with E-state index in [0.29, 0.717) is 0 Å². The molecule has 0 fully saturated rings. The topological polar surface area (TPSA) is 277 Å². The van der Waals surface area contributed by atoms with Crippen LogP contribution in [-0.2, 0) is 9.59 Å². The van der Waals surface area contributed by atoms with Gasteiger partial charge in [-0.1, -0.05) is 0 Å². The Morgan fingerprint density at radius 1 is 0.562 bits per heavy atom. The third kappa shape index (κ3) is 12.6. The van der Waals surface area contributed by atoms with Crippen molar-refractivity contribution in [1.29, 1.82) is 0 Å². The van der Waals surface area contributed by atoms with Gasteiger partial charge in [0.15, 0.2) is 12.6 Å². The van der Waals surface area contributed by atoms with Gasteiger partial charge in [-0.05, 0) is 24.3 Å². The monoisotopic (exact) mass is 470 g/mol. The Morgan fingerprint density at radius 2 is 0.812 bits per heavy atom. The lowest BCUT2D eigenvalue weighted by Gasteiger charge is -2.22. The van der Waals surface area contributed by atoms with Gasteiger partial charge in [-0.25, -0.2) is 0 Å². The molecule has 0 heterocycles. The molecule has 0 unspecified atom stereocenters. The summed E-state index contributed by atoms with van der Waals surface area (Å²) < 4.78 is 0. The first-order chi connectivity index (χ1) is 14.9. The largest absolute Gasteiger partial charge is 0.508 e. The second-order valence-electron chi connectivity index (χ2n) is 6.23. The van der Waals surface area contributed by atoms with Crippen molar-refractivity contribution < 1.29 is 70.9 Å². The van der Waals surface area contributed by atoms with Crippen molar-refractivity contribution in [2.45, 2.75) is 48.8 Å². The van der Waals surface area contributed by atoms with Crippen molar-refractivity contribution in [3.8, 4) is 11.5 Å². The van der Waals surface area contributed by atoms with Crippen molar-refractivity contribution in [2.75, 3.05) is 13.2 Å². The van der Waals surface area contributed by atoms with E-state index >= 15 is 0 Å². The zero-order valence-electron chi connectivity index (χ0n) is 16.7. The van der Waals surface area contributed by atoms with Crippen molar-refractivity contribution in [1.82, 2.24) is 0 Å². The molecule has 1 aromatic rings. The summed E-state index contributed by atoms with van der Waals surface area (Å²) in [4.78, 5) is 19.8. The van der Waals surface area contributed by atoms with Gasteiger partial charge in [-0.15, -0.1) is 0 Å². The molecule has 14 nitrogen and oxygen atoms in total. The van der Waals surface area contributed by atoms with Gasteiger partial charge < -0.3 is 70.9 Å². The molecule has 8 atom stereocenters. The molecule has 0 aliphatic rings. The SMILES string of the molecule is O=C[C@H](O)[C@@H](O)[C@@H](O)[C@H](O)CO.O=C[C@H](O)[C@@H](O)[C@@H](O)[C@H](O)CO.Oc1ccc(O)cc1. The summed E-state index contributed by atoms with van der Waals surface area (Å²) >= 11 is 0. The van der Waals surface area contributed by atoms with Crippen LogP contribution in [0.5, 0.6) is 11.5 Å². The van der Waals surface area contributed by atoms with Gasteiger partial charge in [0.1, 0.15) is 60.3 Å². The molecule has 0 aromatic heterocycles. The van der Waals surface area contributed by atoms with Crippen LogP contribution in [0.4, 0.5) is 0 Å². The summed E-state index contributed by atoms with van der Waals surface area (Å²) in [5.74, 6) is 0.339. The normalized spacial score (nSPS) is 18.1. The molecule has 0 bridgehead atoms. The van der Waals surface area contributed by atoms with E-state index < -0.39 is 62.0 Å². The van der Waals surface area contributed by atoms with Crippen molar-refractivity contribution in [2.24, 2.45) is 0 Å². The van der Waals surface area contributed by atoms with Crippen LogP contribution in [0.15, 0.2) is 24.3 Å². The second-order valence-corrected chi connectivity index (χ2v) is 6.23. The molecule has 0 amide bonds. The molecular formula is C18H30O14. The number of hydrogen-bond donors (Lipinski definition) is 12. The third-order valence-corrected chi connectivity index (χ3v) is 3.69. The minimum absolute atomic E-state index is 0.0258. The first-order valence-electron chi connectivity index (χ1n) is 8.92. The van der Waals surface area contributed by atoms with Crippen LogP contribution in [0.25, 0.3) is 0 Å². The molecule has 186 valence electrons. The Kier molecular flexibility index (Phi) is 17.3. The highest BCUT2D eigenvalue weighted by molar-refractivity contribution is 5.57. The smallest absolute Gasteiger partial charge is 0.151 e. The lowest BCUT2D eigenvalue weighted by Crippen LogP contribution is -2.46. The Hall–Kier alpha value is -2.24. The van der Waals surface area contributed by atoms with Gasteiger partial charge >= 0.3 is 0 Å². The van der Waals surface area contributed by atoms with E-state index in [1.54, 1.807) is 0 Å². The van der Waals surface area contributed by atoms with E-state index in [4.69, 9.17) is 61.3 Å². The van der Waals surface area contributed by atoms with Gasteiger partial charge in [0.05, 0.1) is 13.2 Å². The number of aromatic hydroxyl groups is 2. The van der Waals surface area contributed by atoms with Crippen LogP contribution in [0.3, 0.4) is 0 Å². The molecule has 1 rings (SSSR count). The molecule has 0 saturated carbocycles. The van der Waals surface area contributed by atoms with Crippen LogP contribution >= 0.6 is 0 Å². The number of carbonyl (C=O) groups is 2. The van der Waals surface area contributed by atoms with Crippen molar-refractivity contribution >= 4 is 12.6 Å². The molecule has 0 aliphatic carbocycles. The number of aliphatic hydroxyl groups is 10. The first kappa shape index (κ1) is 31.9. The van der Waals surface area contributed by atoms with E-state index in [-0.39, 0.29) is 24.1 Å². The van der Waals surface area contributed by atoms with Gasteiger partial charge in [0.2, 0.25) is 0 Å². The summed E-state index contributed by atoms with van der Waals surface area (Å²) in [5, 5.41) is 104. The molecule has 0 saturated heterocycles. The minimum Gasteiger partial charge on any atom is -0.508 e. The highest BCUT2D eigenvalue weighted by atomic mass is 16.4. The zero-order chi connectivity index (χ0) is 25.4. The van der Waals surface area contributed by atoms with Crippen LogP contribution in [0.2, 0.25) is 0 Å². The quantitative estimate of drug-likeness (QED) is 0.112. The van der Waals surface area contributed by atoms with E-state index in [1.165, 1.54) is 24.3 Å². The summed E-state index contributed by atoms with van der Waals surface area (Å²) in [7, 11) is 0. The molecule has 12 N–H and O–H groups in total. The van der Waals surface area contributed by atoms with Gasteiger partial charge in [-0.2, -0.15) is 0 Å². The Bertz CT molecular complexity index is 559. The maximum absolute atomic E-state index is 9.90. The Balaban J connectivity index is 0. The molecule has 0 aliphatic heterocycles. The lowest BCUT2D eigenvalue weighted by molar-refractivity contribution is -0.136. The third-order valence-electron chi connectivity index (χ3n) is 3.69. The maximum Gasteiger partial charge on any atom is 0.151 e. The van der Waals surface area contributed by atoms with E-state index in [1.807, 2.05) is 0 Å². The number of benzene rings is 1. The summed E-state index contributed by atoms with van der Waals surface area (Å²) in [6.07, 6.45) is -13.7. The highest BCUT2D eigenvalue weighted by Crippen LogP contribution is 2.13. The Morgan fingerprint density at radius 3 is 1.00 bits per heavy atom. The predicted octanol–water partition coefficient (Wildman–Crippen LogP) is -5.66. The lowest BCUT2D eigenvalue weighted by atomic mass is 10.0. The average molecular weight is 470 g/mol. The fourth-order valence-corrected chi connectivity index (χ4v) is 1.69. The zero-order valence-corrected chi connectivity index (χ0v) is 16.7. The predicted molar refractivity (Wildman–Crippen MR) is 104 cm³/mol. The fraction of sp³-hybridized carbons (Fsp3) is 0.556. The number of aliphatic hydroxyl groups excluding tert-OH is 10. The summed E-state index contributed by atoms with van der Waals surface area (Å²) in [6.45, 7) is -1.52. The Labute approximate surface area is 182 Å². The number of hydrogen-bond acceptors (Lipinski definition) is 14. The molecule has 0 radical (unpaired) electrons. The van der Waals surface area contributed by atoms with Gasteiger partial charge in [0.25, 0.3) is 0 Å².